The van der Waals surface area contributed by atoms with E-state index in [0.29, 0.717) is 35.6 Å². The number of aromatic amines is 1. The van der Waals surface area contributed by atoms with Crippen molar-refractivity contribution in [2.24, 2.45) is 0 Å². The maximum Gasteiger partial charge on any atom is 0.269 e. The molecule has 168 valence electrons. The van der Waals surface area contributed by atoms with E-state index in [-0.39, 0.29) is 18.0 Å². The summed E-state index contributed by atoms with van der Waals surface area (Å²) in [5, 5.41) is 4.17. The number of carbonyl (C=O) groups excluding carboxylic acids is 1. The van der Waals surface area contributed by atoms with Crippen LogP contribution in [0.1, 0.15) is 41.2 Å². The van der Waals surface area contributed by atoms with Gasteiger partial charge in [-0.2, -0.15) is 5.06 Å². The van der Waals surface area contributed by atoms with Crippen molar-refractivity contribution in [1.29, 1.82) is 0 Å². The lowest BCUT2D eigenvalue weighted by molar-refractivity contribution is -0.151. The molecule has 0 fully saturated rings. The molecule has 1 aliphatic rings. The molecule has 0 aliphatic carbocycles. The number of pyridine rings is 1. The largest absolute Gasteiger partial charge is 0.354 e. The number of hydrogen-bond acceptors (Lipinski definition) is 6. The smallest absolute Gasteiger partial charge is 0.269 e. The predicted octanol–water partition coefficient (Wildman–Crippen LogP) is 2.98. The Morgan fingerprint density at radius 1 is 1.28 bits per heavy atom. The molecular formula is C23H26FN5O3. The van der Waals surface area contributed by atoms with Gasteiger partial charge in [0, 0.05) is 25.4 Å². The van der Waals surface area contributed by atoms with Crippen LogP contribution in [0.25, 0.3) is 16.6 Å². The second-order valence-corrected chi connectivity index (χ2v) is 6.92. The van der Waals surface area contributed by atoms with Gasteiger partial charge in [-0.3, -0.25) is 19.4 Å². The van der Waals surface area contributed by atoms with Crippen LogP contribution < -0.4 is 10.9 Å². The highest BCUT2D eigenvalue weighted by molar-refractivity contribution is 5.92. The van der Waals surface area contributed by atoms with Crippen LogP contribution in [0, 0.1) is 12.7 Å². The summed E-state index contributed by atoms with van der Waals surface area (Å²) in [5.74, 6) is -0.754. The molecule has 32 heavy (non-hydrogen) atoms. The van der Waals surface area contributed by atoms with Crippen LogP contribution in [-0.2, 0) is 11.4 Å². The van der Waals surface area contributed by atoms with Crippen LogP contribution >= 0.6 is 0 Å². The maximum absolute atomic E-state index is 14.9. The minimum atomic E-state index is -0.510. The third-order valence-electron chi connectivity index (χ3n) is 4.94. The molecule has 2 N–H and O–H groups in total. The van der Waals surface area contributed by atoms with E-state index in [4.69, 9.17) is 4.84 Å². The van der Waals surface area contributed by atoms with Gasteiger partial charge in [0.05, 0.1) is 18.7 Å². The molecule has 3 aromatic rings. The van der Waals surface area contributed by atoms with Gasteiger partial charge in [0.2, 0.25) is 0 Å². The van der Waals surface area contributed by atoms with Gasteiger partial charge < -0.3 is 10.3 Å². The fourth-order valence-electron chi connectivity index (χ4n) is 3.21. The number of aromatic nitrogens is 3. The Hall–Kier alpha value is -3.43. The Bertz CT molecular complexity index is 1200. The number of amides is 1. The molecule has 0 unspecified atom stereocenters. The fourth-order valence-corrected chi connectivity index (χ4v) is 3.21. The summed E-state index contributed by atoms with van der Waals surface area (Å²) in [7, 11) is 1.55. The SMILES string of the molecule is CC.CNC(=O)c1ccc(C2=CCN(Cc3ccc4nc(C)c(=O)[nH]c4c3F)OC2)cn1. The van der Waals surface area contributed by atoms with Gasteiger partial charge >= 0.3 is 0 Å². The molecule has 0 spiro atoms. The van der Waals surface area contributed by atoms with Crippen molar-refractivity contribution in [3.63, 3.8) is 0 Å². The van der Waals surface area contributed by atoms with Gasteiger partial charge in [0.1, 0.15) is 16.9 Å². The van der Waals surface area contributed by atoms with Crippen molar-refractivity contribution in [3.8, 4) is 0 Å². The molecule has 0 radical (unpaired) electrons. The molecule has 2 aromatic heterocycles. The third-order valence-corrected chi connectivity index (χ3v) is 4.94. The average Bonchev–Trinajstić information content (AvgIpc) is 2.83. The maximum atomic E-state index is 14.9. The number of aryl methyl sites for hydroxylation is 1. The first kappa shape index (κ1) is 23.2. The van der Waals surface area contributed by atoms with Crippen LogP contribution in [-0.4, -0.2) is 46.1 Å². The van der Waals surface area contributed by atoms with Crippen LogP contribution in [0.2, 0.25) is 0 Å². The Kier molecular flexibility index (Phi) is 7.45. The number of carbonyl (C=O) groups is 1. The standard InChI is InChI=1S/C21H20FN5O3.C2H6/c1-12-20(28)26-19-16(25-12)5-4-14(18(19)22)10-27-8-7-15(11-30-27)13-3-6-17(24-9-13)21(29)23-2;1-2/h3-7,9H,8,10-11H2,1-2H3,(H,23,29)(H,26,28);1-2H3. The predicted molar refractivity (Wildman–Crippen MR) is 120 cm³/mol. The summed E-state index contributed by atoms with van der Waals surface area (Å²) in [6.07, 6.45) is 3.61. The lowest BCUT2D eigenvalue weighted by Crippen LogP contribution is -2.29. The summed E-state index contributed by atoms with van der Waals surface area (Å²) in [4.78, 5) is 40.0. The summed E-state index contributed by atoms with van der Waals surface area (Å²) in [6.45, 7) is 6.55. The quantitative estimate of drug-likeness (QED) is 0.648. The minimum Gasteiger partial charge on any atom is -0.354 e. The van der Waals surface area contributed by atoms with E-state index in [2.05, 4.69) is 20.3 Å². The number of hydrogen-bond donors (Lipinski definition) is 2. The fraction of sp³-hybridized carbons (Fsp3) is 0.304. The number of benzene rings is 1. The van der Waals surface area contributed by atoms with E-state index in [1.165, 1.54) is 0 Å². The molecule has 0 saturated carbocycles. The zero-order valence-corrected chi connectivity index (χ0v) is 18.5. The van der Waals surface area contributed by atoms with Crippen molar-refractivity contribution >= 4 is 22.5 Å². The van der Waals surface area contributed by atoms with Gasteiger partial charge in [-0.15, -0.1) is 0 Å². The average molecular weight is 439 g/mol. The van der Waals surface area contributed by atoms with E-state index in [9.17, 15) is 14.0 Å². The summed E-state index contributed by atoms with van der Waals surface area (Å²) < 4.78 is 14.9. The van der Waals surface area contributed by atoms with Crippen molar-refractivity contribution in [2.45, 2.75) is 27.3 Å². The third kappa shape index (κ3) is 4.90. The Labute approximate surface area is 185 Å². The Morgan fingerprint density at radius 2 is 2.06 bits per heavy atom. The van der Waals surface area contributed by atoms with Crippen LogP contribution in [0.5, 0.6) is 0 Å². The van der Waals surface area contributed by atoms with Gasteiger partial charge in [0.25, 0.3) is 11.5 Å². The Morgan fingerprint density at radius 3 is 2.69 bits per heavy atom. The lowest BCUT2D eigenvalue weighted by Gasteiger charge is -2.26. The number of rotatable bonds is 4. The second kappa shape index (κ2) is 10.3. The van der Waals surface area contributed by atoms with Crippen molar-refractivity contribution in [2.75, 3.05) is 20.2 Å². The Balaban J connectivity index is 0.00000141. The van der Waals surface area contributed by atoms with E-state index in [1.54, 1.807) is 43.4 Å². The number of nitrogens with one attached hydrogen (secondary N) is 2. The number of nitrogens with zero attached hydrogens (tertiary/aromatic N) is 3. The molecule has 1 aliphatic heterocycles. The van der Waals surface area contributed by atoms with Crippen molar-refractivity contribution in [3.05, 3.63) is 75.2 Å². The molecule has 0 saturated heterocycles. The number of H-pyrrole nitrogens is 1. The zero-order chi connectivity index (χ0) is 23.3. The minimum absolute atomic E-state index is 0.0959. The molecule has 0 bridgehead atoms. The summed E-state index contributed by atoms with van der Waals surface area (Å²) in [5.41, 5.74) is 2.93. The van der Waals surface area contributed by atoms with Gasteiger partial charge in [0.15, 0.2) is 5.82 Å². The van der Waals surface area contributed by atoms with Crippen LogP contribution in [0.15, 0.2) is 41.3 Å². The molecule has 1 aromatic carbocycles. The molecule has 4 rings (SSSR count). The van der Waals surface area contributed by atoms with E-state index >= 15 is 0 Å². The summed E-state index contributed by atoms with van der Waals surface area (Å²) >= 11 is 0. The molecule has 9 heteroatoms. The topological polar surface area (TPSA) is 100 Å². The molecule has 3 heterocycles. The molecule has 8 nitrogen and oxygen atoms in total. The van der Waals surface area contributed by atoms with E-state index in [1.807, 2.05) is 26.0 Å². The van der Waals surface area contributed by atoms with Gasteiger partial charge in [-0.1, -0.05) is 32.1 Å². The number of halogens is 1. The van der Waals surface area contributed by atoms with Gasteiger partial charge in [-0.25, -0.2) is 9.37 Å². The summed E-state index contributed by atoms with van der Waals surface area (Å²) in [6, 6.07) is 6.80. The number of fused-ring (bicyclic) bond motifs is 1. The molecule has 1 amide bonds. The highest BCUT2D eigenvalue weighted by atomic mass is 19.1. The van der Waals surface area contributed by atoms with E-state index < -0.39 is 11.4 Å². The molecular weight excluding hydrogens is 413 g/mol. The highest BCUT2D eigenvalue weighted by Gasteiger charge is 2.18. The first-order valence-corrected chi connectivity index (χ1v) is 10.4. The van der Waals surface area contributed by atoms with Crippen LogP contribution in [0.3, 0.4) is 0 Å². The number of hydroxylamine groups is 2. The van der Waals surface area contributed by atoms with Crippen molar-refractivity contribution < 1.29 is 14.0 Å². The van der Waals surface area contributed by atoms with Gasteiger partial charge in [-0.05, 0) is 30.2 Å². The first-order valence-electron chi connectivity index (χ1n) is 10.4. The van der Waals surface area contributed by atoms with E-state index in [0.717, 1.165) is 11.1 Å². The lowest BCUT2D eigenvalue weighted by atomic mass is 10.1. The monoisotopic (exact) mass is 439 g/mol. The van der Waals surface area contributed by atoms with Crippen molar-refractivity contribution in [1.82, 2.24) is 25.3 Å². The molecule has 0 atom stereocenters. The first-order chi connectivity index (χ1) is 15.5. The second-order valence-electron chi connectivity index (χ2n) is 6.92. The highest BCUT2D eigenvalue weighted by Crippen LogP contribution is 2.22. The normalized spacial score (nSPS) is 13.8. The zero-order valence-electron chi connectivity index (χ0n) is 18.5. The van der Waals surface area contributed by atoms with Crippen LogP contribution in [0.4, 0.5) is 4.39 Å².